The lowest BCUT2D eigenvalue weighted by Gasteiger charge is -2.21. The summed E-state index contributed by atoms with van der Waals surface area (Å²) in [5.41, 5.74) is 9.14. The lowest BCUT2D eigenvalue weighted by Crippen LogP contribution is -2.19. The molecule has 3 nitrogen and oxygen atoms in total. The van der Waals surface area contributed by atoms with E-state index in [1.165, 1.54) is 0 Å². The summed E-state index contributed by atoms with van der Waals surface area (Å²) < 4.78 is 0. The quantitative estimate of drug-likeness (QED) is 0.793. The van der Waals surface area contributed by atoms with Crippen molar-refractivity contribution >= 4 is 22.1 Å². The number of aromatic nitrogens is 1. The molecule has 3 heteroatoms. The van der Waals surface area contributed by atoms with E-state index in [0.717, 1.165) is 34.4 Å². The minimum Gasteiger partial charge on any atom is -0.398 e. The molecule has 1 aromatic heterocycles. The average molecular weight is 243 g/mol. The molecule has 0 fully saturated rings. The van der Waals surface area contributed by atoms with Crippen LogP contribution in [0.4, 0.5) is 11.4 Å². The van der Waals surface area contributed by atoms with E-state index in [1.807, 2.05) is 25.3 Å². The van der Waals surface area contributed by atoms with Crippen LogP contribution in [-0.4, -0.2) is 11.5 Å². The van der Waals surface area contributed by atoms with Crippen LogP contribution in [-0.2, 0) is 0 Å². The van der Waals surface area contributed by atoms with Crippen molar-refractivity contribution in [3.8, 4) is 0 Å². The van der Waals surface area contributed by atoms with Crippen molar-refractivity contribution in [1.29, 1.82) is 0 Å². The van der Waals surface area contributed by atoms with Gasteiger partial charge >= 0.3 is 0 Å². The van der Waals surface area contributed by atoms with Crippen molar-refractivity contribution in [1.82, 2.24) is 4.98 Å². The van der Waals surface area contributed by atoms with E-state index in [9.17, 15) is 0 Å². The number of hydrogen-bond acceptors (Lipinski definition) is 3. The fraction of sp³-hybridized carbons (Fsp3) is 0.400. The number of hydrogen-bond donors (Lipinski definition) is 2. The standard InChI is InChI=1S/C15H21N3/c1-10-7-11-12(8-17-10)13(16)5-6-14(11)18-9-15(2,3)4/h5-8,18H,9,16H2,1-4H3. The second-order valence-electron chi connectivity index (χ2n) is 5.99. The maximum absolute atomic E-state index is 5.99. The van der Waals surface area contributed by atoms with Crippen LogP contribution >= 0.6 is 0 Å². The highest BCUT2D eigenvalue weighted by Gasteiger charge is 2.11. The number of aryl methyl sites for hydroxylation is 1. The molecule has 0 bridgehead atoms. The second-order valence-corrected chi connectivity index (χ2v) is 5.99. The van der Waals surface area contributed by atoms with Crippen LogP contribution in [0, 0.1) is 12.3 Å². The molecule has 0 unspecified atom stereocenters. The summed E-state index contributed by atoms with van der Waals surface area (Å²) in [4.78, 5) is 4.31. The average Bonchev–Trinajstić information content (AvgIpc) is 2.27. The molecule has 2 aromatic rings. The Balaban J connectivity index is 2.44. The normalized spacial score (nSPS) is 11.8. The first kappa shape index (κ1) is 12.7. The van der Waals surface area contributed by atoms with Gasteiger partial charge in [-0.05, 0) is 30.5 Å². The third-order valence-corrected chi connectivity index (χ3v) is 2.88. The van der Waals surface area contributed by atoms with Crippen LogP contribution in [0.5, 0.6) is 0 Å². The molecule has 18 heavy (non-hydrogen) atoms. The Morgan fingerprint density at radius 3 is 2.61 bits per heavy atom. The molecule has 0 aliphatic rings. The SMILES string of the molecule is Cc1cc2c(NCC(C)(C)C)ccc(N)c2cn1. The summed E-state index contributed by atoms with van der Waals surface area (Å²) in [6, 6.07) is 6.06. The summed E-state index contributed by atoms with van der Waals surface area (Å²) in [7, 11) is 0. The van der Waals surface area contributed by atoms with E-state index in [1.54, 1.807) is 0 Å². The number of benzene rings is 1. The van der Waals surface area contributed by atoms with Gasteiger partial charge in [0.2, 0.25) is 0 Å². The molecule has 3 N–H and O–H groups in total. The Kier molecular flexibility index (Phi) is 3.16. The van der Waals surface area contributed by atoms with E-state index in [2.05, 4.69) is 37.1 Å². The van der Waals surface area contributed by atoms with Crippen molar-refractivity contribution in [2.75, 3.05) is 17.6 Å². The molecule has 1 heterocycles. The van der Waals surface area contributed by atoms with Crippen LogP contribution < -0.4 is 11.1 Å². The number of nitrogens with one attached hydrogen (secondary N) is 1. The maximum atomic E-state index is 5.99. The monoisotopic (exact) mass is 243 g/mol. The molecule has 1 aromatic carbocycles. The molecule has 0 aliphatic heterocycles. The second kappa shape index (κ2) is 4.48. The van der Waals surface area contributed by atoms with Gasteiger partial charge in [0.25, 0.3) is 0 Å². The molecule has 2 rings (SSSR count). The zero-order chi connectivity index (χ0) is 13.3. The molecule has 0 amide bonds. The molecule has 0 saturated heterocycles. The van der Waals surface area contributed by atoms with Gasteiger partial charge in [-0.25, -0.2) is 0 Å². The van der Waals surface area contributed by atoms with Gasteiger partial charge < -0.3 is 11.1 Å². The number of rotatable bonds is 2. The van der Waals surface area contributed by atoms with Gasteiger partial charge in [0, 0.05) is 40.6 Å². The molecule has 0 atom stereocenters. The molecule has 0 spiro atoms. The van der Waals surface area contributed by atoms with Crippen molar-refractivity contribution in [2.45, 2.75) is 27.7 Å². The van der Waals surface area contributed by atoms with Gasteiger partial charge in [-0.15, -0.1) is 0 Å². The van der Waals surface area contributed by atoms with Crippen LogP contribution in [0.1, 0.15) is 26.5 Å². The largest absolute Gasteiger partial charge is 0.398 e. The van der Waals surface area contributed by atoms with Crippen LogP contribution in [0.25, 0.3) is 10.8 Å². The topological polar surface area (TPSA) is 50.9 Å². The van der Waals surface area contributed by atoms with E-state index in [4.69, 9.17) is 5.73 Å². The first-order valence-corrected chi connectivity index (χ1v) is 6.25. The molecular formula is C15H21N3. The van der Waals surface area contributed by atoms with E-state index in [0.29, 0.717) is 0 Å². The zero-order valence-corrected chi connectivity index (χ0v) is 11.5. The van der Waals surface area contributed by atoms with Crippen molar-refractivity contribution in [2.24, 2.45) is 5.41 Å². The third-order valence-electron chi connectivity index (χ3n) is 2.88. The van der Waals surface area contributed by atoms with Crippen LogP contribution in [0.3, 0.4) is 0 Å². The molecule has 0 saturated carbocycles. The van der Waals surface area contributed by atoms with E-state index < -0.39 is 0 Å². The molecule has 0 aliphatic carbocycles. The number of nitrogens with zero attached hydrogens (tertiary/aromatic N) is 1. The molecule has 96 valence electrons. The number of nitrogens with two attached hydrogens (primary N) is 1. The van der Waals surface area contributed by atoms with Gasteiger partial charge in [0.15, 0.2) is 0 Å². The van der Waals surface area contributed by atoms with Crippen molar-refractivity contribution in [3.63, 3.8) is 0 Å². The van der Waals surface area contributed by atoms with Gasteiger partial charge in [0.1, 0.15) is 0 Å². The van der Waals surface area contributed by atoms with Gasteiger partial charge in [-0.1, -0.05) is 20.8 Å². The molecule has 0 radical (unpaired) electrons. The smallest absolute Gasteiger partial charge is 0.0422 e. The van der Waals surface area contributed by atoms with Crippen molar-refractivity contribution < 1.29 is 0 Å². The van der Waals surface area contributed by atoms with Crippen LogP contribution in [0.15, 0.2) is 24.4 Å². The zero-order valence-electron chi connectivity index (χ0n) is 11.5. The summed E-state index contributed by atoms with van der Waals surface area (Å²) in [5, 5.41) is 5.66. The minimum atomic E-state index is 0.246. The fourth-order valence-corrected chi connectivity index (χ4v) is 1.88. The fourth-order valence-electron chi connectivity index (χ4n) is 1.88. The predicted molar refractivity (Wildman–Crippen MR) is 78.8 cm³/mol. The van der Waals surface area contributed by atoms with Gasteiger partial charge in [-0.2, -0.15) is 0 Å². The Morgan fingerprint density at radius 2 is 1.94 bits per heavy atom. The summed E-state index contributed by atoms with van der Waals surface area (Å²) >= 11 is 0. The number of fused-ring (bicyclic) bond motifs is 1. The Morgan fingerprint density at radius 1 is 1.22 bits per heavy atom. The summed E-state index contributed by atoms with van der Waals surface area (Å²) in [6.45, 7) is 9.56. The number of anilines is 2. The minimum absolute atomic E-state index is 0.246. The highest BCUT2D eigenvalue weighted by molar-refractivity contribution is 6.00. The maximum Gasteiger partial charge on any atom is 0.0422 e. The Bertz CT molecular complexity index is 568. The summed E-state index contributed by atoms with van der Waals surface area (Å²) in [5.74, 6) is 0. The Hall–Kier alpha value is -1.77. The van der Waals surface area contributed by atoms with Crippen molar-refractivity contribution in [3.05, 3.63) is 30.1 Å². The first-order valence-electron chi connectivity index (χ1n) is 6.25. The van der Waals surface area contributed by atoms with Gasteiger partial charge in [-0.3, -0.25) is 4.98 Å². The highest BCUT2D eigenvalue weighted by Crippen LogP contribution is 2.29. The van der Waals surface area contributed by atoms with E-state index >= 15 is 0 Å². The predicted octanol–water partition coefficient (Wildman–Crippen LogP) is 3.58. The van der Waals surface area contributed by atoms with E-state index in [-0.39, 0.29) is 5.41 Å². The lowest BCUT2D eigenvalue weighted by molar-refractivity contribution is 0.443. The summed E-state index contributed by atoms with van der Waals surface area (Å²) in [6.07, 6.45) is 1.85. The van der Waals surface area contributed by atoms with Gasteiger partial charge in [0.05, 0.1) is 0 Å². The first-order chi connectivity index (χ1) is 8.37. The number of pyridine rings is 1. The third kappa shape index (κ3) is 2.73. The van der Waals surface area contributed by atoms with Crippen LogP contribution in [0.2, 0.25) is 0 Å². The lowest BCUT2D eigenvalue weighted by atomic mass is 9.96. The Labute approximate surface area is 108 Å². The number of nitrogen functional groups attached to an aromatic ring is 1. The highest BCUT2D eigenvalue weighted by atomic mass is 14.9. The molecular weight excluding hydrogens is 222 g/mol.